The van der Waals surface area contributed by atoms with E-state index in [1.54, 1.807) is 0 Å². The predicted octanol–water partition coefficient (Wildman–Crippen LogP) is 9.62. The normalized spacial score (nSPS) is 13.1. The van der Waals surface area contributed by atoms with Gasteiger partial charge in [-0.3, -0.25) is 9.97 Å². The maximum Gasteiger partial charge on any atom is 0.408 e. The smallest absolute Gasteiger partial charge is 0.408 e. The Labute approximate surface area is 351 Å². The Balaban J connectivity index is 1.22. The molecule has 2 aromatic heterocycles. The van der Waals surface area contributed by atoms with Gasteiger partial charge in [0.25, 0.3) is 0 Å². The van der Waals surface area contributed by atoms with E-state index in [2.05, 4.69) is 233 Å². The monoisotopic (exact) mass is 765 g/mol. The summed E-state index contributed by atoms with van der Waals surface area (Å²) in [6, 6.07) is 80.4. The van der Waals surface area contributed by atoms with E-state index >= 15 is 0 Å². The minimum absolute atomic E-state index is 0.242. The van der Waals surface area contributed by atoms with Gasteiger partial charge in [0.2, 0.25) is 0 Å². The zero-order valence-corrected chi connectivity index (χ0v) is 32.9. The van der Waals surface area contributed by atoms with Crippen molar-refractivity contribution in [2.45, 2.75) is 0 Å². The third kappa shape index (κ3) is 6.08. The molecule has 0 saturated carbocycles. The summed E-state index contributed by atoms with van der Waals surface area (Å²) >= 11 is 0. The first kappa shape index (κ1) is 35.6. The molecule has 1 saturated heterocycles. The van der Waals surface area contributed by atoms with Gasteiger partial charge in [-0.15, -0.1) is 0 Å². The number of aromatic nitrogens is 2. The SMILES string of the molecule is c1ccc(B2N(c3ccccc3)B(c3ccccc3)N(c3ccccc3)B(c3cccc(-c4cccc5c6ccccc6c6cccnc6c45)n3)N2c2ccccc2)cc1. The molecule has 0 bridgehead atoms. The fraction of sp³-hybridized carbons (Fsp3) is 0. The molecule has 1 aliphatic heterocycles. The summed E-state index contributed by atoms with van der Waals surface area (Å²) in [4.78, 5) is 10.8. The van der Waals surface area contributed by atoms with Gasteiger partial charge in [-0.1, -0.05) is 170 Å². The molecule has 60 heavy (non-hydrogen) atoms. The highest BCUT2D eigenvalue weighted by Crippen LogP contribution is 2.39. The van der Waals surface area contributed by atoms with Crippen molar-refractivity contribution in [3.8, 4) is 11.3 Å². The van der Waals surface area contributed by atoms with Crippen molar-refractivity contribution in [2.24, 2.45) is 0 Å². The first-order valence-electron chi connectivity index (χ1n) is 20.6. The minimum Gasteiger partial charge on any atom is -0.416 e. The molecule has 0 unspecified atom stereocenters. The minimum atomic E-state index is -0.365. The lowest BCUT2D eigenvalue weighted by Gasteiger charge is -2.56. The molecule has 5 nitrogen and oxygen atoms in total. The molecule has 0 N–H and O–H groups in total. The van der Waals surface area contributed by atoms with Gasteiger partial charge in [-0.25, -0.2) is 0 Å². The fourth-order valence-corrected chi connectivity index (χ4v) is 9.39. The van der Waals surface area contributed by atoms with Crippen molar-refractivity contribution < 1.29 is 0 Å². The van der Waals surface area contributed by atoms with Crippen LogP contribution in [0.1, 0.15) is 0 Å². The van der Waals surface area contributed by atoms with Crippen molar-refractivity contribution in [2.75, 3.05) is 14.2 Å². The van der Waals surface area contributed by atoms with Gasteiger partial charge in [0, 0.05) is 39.6 Å². The number of anilines is 3. The largest absolute Gasteiger partial charge is 0.416 e. The number of fused-ring (bicyclic) bond motifs is 6. The second-order valence-corrected chi connectivity index (χ2v) is 15.3. The van der Waals surface area contributed by atoms with Crippen LogP contribution in [0.15, 0.2) is 231 Å². The van der Waals surface area contributed by atoms with Gasteiger partial charge in [-0.05, 0) is 81.7 Å². The van der Waals surface area contributed by atoms with Crippen LogP contribution in [0.25, 0.3) is 43.7 Å². The summed E-state index contributed by atoms with van der Waals surface area (Å²) in [5.74, 6) is 0. The van der Waals surface area contributed by atoms with Gasteiger partial charge < -0.3 is 14.2 Å². The Morgan fingerprint density at radius 1 is 0.333 bits per heavy atom. The molecule has 280 valence electrons. The lowest BCUT2D eigenvalue weighted by molar-refractivity contribution is 1.27. The number of para-hydroxylation sites is 3. The molecule has 1 fully saturated rings. The van der Waals surface area contributed by atoms with Crippen LogP contribution in [0, 0.1) is 0 Å². The lowest BCUT2D eigenvalue weighted by atomic mass is 9.37. The summed E-state index contributed by atoms with van der Waals surface area (Å²) in [6.07, 6.45) is 1.90. The molecule has 10 aromatic rings. The summed E-state index contributed by atoms with van der Waals surface area (Å²) in [7, 11) is 0. The summed E-state index contributed by atoms with van der Waals surface area (Å²) in [5, 5.41) is 5.83. The van der Waals surface area contributed by atoms with Crippen molar-refractivity contribution in [3.05, 3.63) is 231 Å². The maximum absolute atomic E-state index is 5.78. The van der Waals surface area contributed by atoms with Crippen molar-refractivity contribution in [1.82, 2.24) is 9.97 Å². The van der Waals surface area contributed by atoms with E-state index in [9.17, 15) is 0 Å². The number of rotatable bonds is 7. The van der Waals surface area contributed by atoms with E-state index in [-0.39, 0.29) is 20.9 Å². The molecule has 0 aliphatic carbocycles. The van der Waals surface area contributed by atoms with Crippen molar-refractivity contribution in [1.29, 1.82) is 0 Å². The Morgan fingerprint density at radius 3 is 1.32 bits per heavy atom. The summed E-state index contributed by atoms with van der Waals surface area (Å²) in [6.45, 7) is -0.849. The van der Waals surface area contributed by atoms with E-state index < -0.39 is 0 Å². The van der Waals surface area contributed by atoms with E-state index in [4.69, 9.17) is 9.97 Å². The molecule has 0 radical (unpaired) electrons. The maximum atomic E-state index is 5.78. The van der Waals surface area contributed by atoms with Crippen LogP contribution in [0.5, 0.6) is 0 Å². The zero-order chi connectivity index (χ0) is 39.8. The number of pyridine rings is 2. The van der Waals surface area contributed by atoms with E-state index in [0.717, 1.165) is 50.2 Å². The zero-order valence-electron chi connectivity index (χ0n) is 32.9. The molecule has 8 heteroatoms. The highest BCUT2D eigenvalue weighted by Gasteiger charge is 2.56. The van der Waals surface area contributed by atoms with Crippen LogP contribution in [0.4, 0.5) is 17.1 Å². The molecule has 1 aliphatic rings. The Hall–Kier alpha value is -7.57. The third-order valence-corrected chi connectivity index (χ3v) is 11.9. The van der Waals surface area contributed by atoms with Crippen LogP contribution >= 0.6 is 0 Å². The topological polar surface area (TPSA) is 35.5 Å². The number of hydrogen-bond donors (Lipinski definition) is 0. The molecule has 0 atom stereocenters. The molecule has 0 amide bonds. The van der Waals surface area contributed by atoms with Gasteiger partial charge in [0.1, 0.15) is 0 Å². The first-order valence-corrected chi connectivity index (χ1v) is 20.6. The molecular formula is C52H38B3N5. The number of nitrogens with zero attached hydrogens (tertiary/aromatic N) is 5. The molecule has 8 aromatic carbocycles. The lowest BCUT2D eigenvalue weighted by Crippen LogP contribution is -2.86. The van der Waals surface area contributed by atoms with E-state index in [0.29, 0.717) is 0 Å². The standard InChI is InChI=1S/C52H38B3N5/c1-6-21-39(22-7-1)53-58(41-25-10-3-11-26-41)54(40-23-8-2-9-24-40)60(43-29-14-5-15-30-43)55(59(53)42-27-12-4-13-28-42)50-37-19-36-49(57-50)48-34-18-33-46-44-31-16-17-32-45(44)47-35-20-38-56-52(47)51(46)48/h1-38H. The van der Waals surface area contributed by atoms with Crippen LogP contribution in [-0.4, -0.2) is 30.9 Å². The Morgan fingerprint density at radius 2 is 0.767 bits per heavy atom. The fourth-order valence-electron chi connectivity index (χ4n) is 9.39. The molecule has 3 heterocycles. The molecule has 11 rings (SSSR count). The Kier molecular flexibility index (Phi) is 9.08. The molecular weight excluding hydrogens is 727 g/mol. The summed E-state index contributed by atoms with van der Waals surface area (Å²) < 4.78 is 7.71. The van der Waals surface area contributed by atoms with Crippen LogP contribution in [0.2, 0.25) is 0 Å². The molecule has 0 spiro atoms. The van der Waals surface area contributed by atoms with E-state index in [1.165, 1.54) is 27.1 Å². The number of hydrogen-bond acceptors (Lipinski definition) is 5. The van der Waals surface area contributed by atoms with Gasteiger partial charge >= 0.3 is 20.9 Å². The van der Waals surface area contributed by atoms with Crippen molar-refractivity contribution in [3.63, 3.8) is 0 Å². The van der Waals surface area contributed by atoms with Gasteiger partial charge in [0.05, 0.1) is 16.8 Å². The van der Waals surface area contributed by atoms with Crippen molar-refractivity contribution >= 4 is 87.0 Å². The average Bonchev–Trinajstić information content (AvgIpc) is 3.34. The van der Waals surface area contributed by atoms with Crippen LogP contribution in [-0.2, 0) is 0 Å². The second-order valence-electron chi connectivity index (χ2n) is 15.3. The third-order valence-electron chi connectivity index (χ3n) is 11.9. The highest BCUT2D eigenvalue weighted by molar-refractivity contribution is 7.14. The summed E-state index contributed by atoms with van der Waals surface area (Å²) in [5.41, 5.74) is 9.52. The second kappa shape index (κ2) is 15.3. The van der Waals surface area contributed by atoms with Crippen LogP contribution in [0.3, 0.4) is 0 Å². The number of benzene rings is 8. The highest BCUT2D eigenvalue weighted by atomic mass is 15.3. The van der Waals surface area contributed by atoms with Gasteiger partial charge in [-0.2, -0.15) is 0 Å². The average molecular weight is 765 g/mol. The quantitative estimate of drug-likeness (QED) is 0.119. The van der Waals surface area contributed by atoms with E-state index in [1.807, 2.05) is 12.3 Å². The predicted molar refractivity (Wildman–Crippen MR) is 256 cm³/mol. The van der Waals surface area contributed by atoms with Gasteiger partial charge in [0.15, 0.2) is 0 Å². The van der Waals surface area contributed by atoms with Crippen LogP contribution < -0.4 is 30.7 Å². The Bertz CT molecular complexity index is 2950. The first-order chi connectivity index (χ1) is 29.8.